The largest absolute Gasteiger partial charge is 0.497 e. The number of hydrogen-bond donors (Lipinski definition) is 0. The summed E-state index contributed by atoms with van der Waals surface area (Å²) in [6.07, 6.45) is 19.8. The molecular formula is C25H42O2. The van der Waals surface area contributed by atoms with Gasteiger partial charge in [0.1, 0.15) is 11.5 Å². The van der Waals surface area contributed by atoms with E-state index in [1.165, 1.54) is 82.6 Å². The molecule has 0 fully saturated rings. The number of rotatable bonds is 18. The van der Waals surface area contributed by atoms with E-state index in [1.54, 1.807) is 7.11 Å². The van der Waals surface area contributed by atoms with Crippen molar-refractivity contribution in [2.24, 2.45) is 0 Å². The van der Waals surface area contributed by atoms with Crippen molar-refractivity contribution in [2.75, 3.05) is 7.11 Å². The fourth-order valence-electron chi connectivity index (χ4n) is 3.54. The molecule has 0 atom stereocenters. The zero-order valence-corrected chi connectivity index (χ0v) is 17.9. The Hall–Kier alpha value is -1.31. The fourth-order valence-corrected chi connectivity index (χ4v) is 3.54. The van der Waals surface area contributed by atoms with Crippen molar-refractivity contribution in [1.29, 1.82) is 0 Å². The van der Waals surface area contributed by atoms with Crippen LogP contribution in [0, 0.1) is 0 Å². The monoisotopic (exact) mass is 374 g/mol. The SMILES string of the molecule is CCCCCCCCCCCCCCCC(=O)CCc1ccc(OC)cc1. The second kappa shape index (κ2) is 16.8. The highest BCUT2D eigenvalue weighted by Crippen LogP contribution is 2.15. The molecule has 0 aliphatic rings. The maximum absolute atomic E-state index is 12.0. The minimum atomic E-state index is 0.411. The van der Waals surface area contributed by atoms with Gasteiger partial charge < -0.3 is 4.74 Å². The molecule has 0 N–H and O–H groups in total. The first kappa shape index (κ1) is 23.7. The highest BCUT2D eigenvalue weighted by Gasteiger charge is 2.03. The van der Waals surface area contributed by atoms with E-state index in [0.29, 0.717) is 12.2 Å². The Morgan fingerprint density at radius 1 is 0.704 bits per heavy atom. The Labute approximate surface area is 168 Å². The molecule has 0 aliphatic carbocycles. The molecule has 154 valence electrons. The average Bonchev–Trinajstić information content (AvgIpc) is 2.70. The van der Waals surface area contributed by atoms with Crippen molar-refractivity contribution in [3.05, 3.63) is 29.8 Å². The van der Waals surface area contributed by atoms with Gasteiger partial charge in [-0.1, -0.05) is 96.1 Å². The van der Waals surface area contributed by atoms with Gasteiger partial charge in [-0.25, -0.2) is 0 Å². The summed E-state index contributed by atoms with van der Waals surface area (Å²) in [5, 5.41) is 0. The van der Waals surface area contributed by atoms with Crippen LogP contribution in [0.5, 0.6) is 5.75 Å². The van der Waals surface area contributed by atoms with Crippen LogP contribution in [0.1, 0.15) is 109 Å². The van der Waals surface area contributed by atoms with Gasteiger partial charge in [0.15, 0.2) is 0 Å². The predicted molar refractivity (Wildman–Crippen MR) is 117 cm³/mol. The van der Waals surface area contributed by atoms with Gasteiger partial charge in [0.25, 0.3) is 0 Å². The molecule has 0 amide bonds. The van der Waals surface area contributed by atoms with Crippen LogP contribution in [-0.2, 0) is 11.2 Å². The highest BCUT2D eigenvalue weighted by molar-refractivity contribution is 5.78. The van der Waals surface area contributed by atoms with E-state index in [2.05, 4.69) is 19.1 Å². The number of hydrogen-bond acceptors (Lipinski definition) is 2. The first-order chi connectivity index (χ1) is 13.3. The van der Waals surface area contributed by atoms with Crippen LogP contribution < -0.4 is 4.74 Å². The van der Waals surface area contributed by atoms with Crippen molar-refractivity contribution in [3.8, 4) is 5.75 Å². The second-order valence-electron chi connectivity index (χ2n) is 7.88. The predicted octanol–water partition coefficient (Wildman–Crippen LogP) is 7.68. The number of Topliss-reactive ketones (excluding diaryl/α,β-unsaturated/α-hetero) is 1. The van der Waals surface area contributed by atoms with Gasteiger partial charge in [-0.3, -0.25) is 4.79 Å². The summed E-state index contributed by atoms with van der Waals surface area (Å²) in [7, 11) is 1.67. The van der Waals surface area contributed by atoms with Crippen LogP contribution in [0.25, 0.3) is 0 Å². The quantitative estimate of drug-likeness (QED) is 0.246. The van der Waals surface area contributed by atoms with Gasteiger partial charge in [-0.2, -0.15) is 0 Å². The third kappa shape index (κ3) is 13.5. The summed E-state index contributed by atoms with van der Waals surface area (Å²) >= 11 is 0. The number of carbonyl (C=O) groups excluding carboxylic acids is 1. The Kier molecular flexibility index (Phi) is 14.8. The van der Waals surface area contributed by atoms with Gasteiger partial charge in [0.2, 0.25) is 0 Å². The number of aryl methyl sites for hydroxylation is 1. The van der Waals surface area contributed by atoms with Crippen LogP contribution >= 0.6 is 0 Å². The summed E-state index contributed by atoms with van der Waals surface area (Å²) in [6.45, 7) is 2.28. The molecule has 0 aliphatic heterocycles. The molecule has 0 bridgehead atoms. The molecule has 27 heavy (non-hydrogen) atoms. The van der Waals surface area contributed by atoms with Crippen molar-refractivity contribution in [3.63, 3.8) is 0 Å². The minimum absolute atomic E-state index is 0.411. The number of carbonyl (C=O) groups is 1. The summed E-state index contributed by atoms with van der Waals surface area (Å²) < 4.78 is 5.16. The van der Waals surface area contributed by atoms with E-state index in [9.17, 15) is 4.79 Å². The molecule has 0 heterocycles. The Bertz CT molecular complexity index is 464. The van der Waals surface area contributed by atoms with E-state index in [0.717, 1.165) is 25.0 Å². The number of benzene rings is 1. The molecule has 0 saturated carbocycles. The normalized spacial score (nSPS) is 10.9. The molecule has 0 radical (unpaired) electrons. The maximum Gasteiger partial charge on any atom is 0.133 e. The van der Waals surface area contributed by atoms with Crippen LogP contribution in [-0.4, -0.2) is 12.9 Å². The van der Waals surface area contributed by atoms with Crippen molar-refractivity contribution >= 4 is 5.78 Å². The third-order valence-electron chi connectivity index (χ3n) is 5.41. The van der Waals surface area contributed by atoms with Crippen molar-refractivity contribution in [2.45, 2.75) is 110 Å². The highest BCUT2D eigenvalue weighted by atomic mass is 16.5. The topological polar surface area (TPSA) is 26.3 Å². The first-order valence-corrected chi connectivity index (χ1v) is 11.4. The summed E-state index contributed by atoms with van der Waals surface area (Å²) in [5.74, 6) is 1.28. The Morgan fingerprint density at radius 2 is 1.19 bits per heavy atom. The Balaban J connectivity index is 1.86. The average molecular weight is 375 g/mol. The molecular weight excluding hydrogens is 332 g/mol. The lowest BCUT2D eigenvalue weighted by Gasteiger charge is -2.04. The molecule has 0 aromatic heterocycles. The lowest BCUT2D eigenvalue weighted by Crippen LogP contribution is -2.00. The van der Waals surface area contributed by atoms with Crippen molar-refractivity contribution < 1.29 is 9.53 Å². The van der Waals surface area contributed by atoms with E-state index in [4.69, 9.17) is 4.74 Å². The zero-order valence-electron chi connectivity index (χ0n) is 17.9. The van der Waals surface area contributed by atoms with E-state index in [1.807, 2.05) is 12.1 Å². The van der Waals surface area contributed by atoms with Crippen LogP contribution in [0.3, 0.4) is 0 Å². The first-order valence-electron chi connectivity index (χ1n) is 11.4. The van der Waals surface area contributed by atoms with Crippen molar-refractivity contribution in [1.82, 2.24) is 0 Å². The molecule has 1 aromatic rings. The maximum atomic E-state index is 12.0. The third-order valence-corrected chi connectivity index (χ3v) is 5.41. The molecule has 0 unspecified atom stereocenters. The van der Waals surface area contributed by atoms with Crippen LogP contribution in [0.15, 0.2) is 24.3 Å². The van der Waals surface area contributed by atoms with E-state index in [-0.39, 0.29) is 0 Å². The molecule has 0 saturated heterocycles. The molecule has 0 spiro atoms. The van der Waals surface area contributed by atoms with Gasteiger partial charge in [-0.15, -0.1) is 0 Å². The fraction of sp³-hybridized carbons (Fsp3) is 0.720. The summed E-state index contributed by atoms with van der Waals surface area (Å²) in [6, 6.07) is 8.03. The molecule has 1 aromatic carbocycles. The standard InChI is InChI=1S/C25H42O2/c1-3-4-5-6-7-8-9-10-11-12-13-14-15-16-24(26)20-17-23-18-21-25(27-2)22-19-23/h18-19,21-22H,3-17,20H2,1-2H3. The van der Waals surface area contributed by atoms with Gasteiger partial charge >= 0.3 is 0 Å². The van der Waals surface area contributed by atoms with E-state index >= 15 is 0 Å². The number of unbranched alkanes of at least 4 members (excludes halogenated alkanes) is 12. The van der Waals surface area contributed by atoms with Gasteiger partial charge in [0, 0.05) is 12.8 Å². The number of ether oxygens (including phenoxy) is 1. The zero-order chi connectivity index (χ0) is 19.6. The molecule has 2 heteroatoms. The van der Waals surface area contributed by atoms with Gasteiger partial charge in [-0.05, 0) is 30.5 Å². The number of methoxy groups -OCH3 is 1. The van der Waals surface area contributed by atoms with E-state index < -0.39 is 0 Å². The lowest BCUT2D eigenvalue weighted by atomic mass is 10.0. The van der Waals surface area contributed by atoms with Crippen LogP contribution in [0.4, 0.5) is 0 Å². The molecule has 1 rings (SSSR count). The summed E-state index contributed by atoms with van der Waals surface area (Å²) in [4.78, 5) is 12.0. The minimum Gasteiger partial charge on any atom is -0.497 e. The summed E-state index contributed by atoms with van der Waals surface area (Å²) in [5.41, 5.74) is 1.22. The smallest absolute Gasteiger partial charge is 0.133 e. The number of ketones is 1. The van der Waals surface area contributed by atoms with Gasteiger partial charge in [0.05, 0.1) is 7.11 Å². The molecule has 2 nitrogen and oxygen atoms in total. The second-order valence-corrected chi connectivity index (χ2v) is 7.88. The lowest BCUT2D eigenvalue weighted by molar-refractivity contribution is -0.119. The van der Waals surface area contributed by atoms with Crippen LogP contribution in [0.2, 0.25) is 0 Å². The Morgan fingerprint density at radius 3 is 1.67 bits per heavy atom.